The molecule has 0 saturated heterocycles. The lowest BCUT2D eigenvalue weighted by atomic mass is 9.85. The van der Waals surface area contributed by atoms with Crippen LogP contribution < -0.4 is 10.3 Å². The largest absolute Gasteiger partial charge is 0.507 e. The number of hydrogen-bond donors (Lipinski definition) is 2. The van der Waals surface area contributed by atoms with E-state index in [1.54, 1.807) is 44.2 Å². The van der Waals surface area contributed by atoms with Gasteiger partial charge >= 0.3 is 5.63 Å². The molecule has 5 rings (SSSR count). The van der Waals surface area contributed by atoms with E-state index in [2.05, 4.69) is 14.7 Å². The lowest BCUT2D eigenvalue weighted by Crippen LogP contribution is -2.19. The molecule has 1 aromatic carbocycles. The van der Waals surface area contributed by atoms with Crippen LogP contribution in [0.15, 0.2) is 44.7 Å². The molecule has 9 heteroatoms. The minimum Gasteiger partial charge on any atom is -0.507 e. The molecular formula is C27H31N3O5S. The third kappa shape index (κ3) is 5.02. The van der Waals surface area contributed by atoms with Crippen molar-refractivity contribution in [2.75, 3.05) is 4.72 Å². The van der Waals surface area contributed by atoms with E-state index in [0.717, 1.165) is 49.7 Å². The highest BCUT2D eigenvalue weighted by Gasteiger charge is 2.38. The van der Waals surface area contributed by atoms with Crippen molar-refractivity contribution < 1.29 is 17.9 Å². The maximum Gasteiger partial charge on any atom is 0.343 e. The van der Waals surface area contributed by atoms with Crippen LogP contribution in [0.2, 0.25) is 0 Å². The number of sulfonamides is 1. The second-order valence-corrected chi connectivity index (χ2v) is 11.5. The summed E-state index contributed by atoms with van der Waals surface area (Å²) < 4.78 is 33.9. The van der Waals surface area contributed by atoms with Crippen LogP contribution in [0.1, 0.15) is 78.3 Å². The zero-order chi connectivity index (χ0) is 25.4. The quantitative estimate of drug-likeness (QED) is 0.460. The van der Waals surface area contributed by atoms with E-state index in [0.29, 0.717) is 41.2 Å². The zero-order valence-corrected chi connectivity index (χ0v) is 21.4. The first kappa shape index (κ1) is 24.5. The summed E-state index contributed by atoms with van der Waals surface area (Å²) in [6.45, 7) is 3.44. The van der Waals surface area contributed by atoms with E-state index in [1.807, 2.05) is 0 Å². The van der Waals surface area contributed by atoms with Gasteiger partial charge in [0.05, 0.1) is 5.56 Å². The van der Waals surface area contributed by atoms with Gasteiger partial charge in [0.1, 0.15) is 11.5 Å². The fourth-order valence-corrected chi connectivity index (χ4v) is 6.24. The third-order valence-corrected chi connectivity index (χ3v) is 8.19. The molecular weight excluding hydrogens is 478 g/mol. The predicted molar refractivity (Wildman–Crippen MR) is 136 cm³/mol. The van der Waals surface area contributed by atoms with Crippen LogP contribution in [-0.2, 0) is 22.9 Å². The summed E-state index contributed by atoms with van der Waals surface area (Å²) in [6.07, 6.45) is 7.40. The van der Waals surface area contributed by atoms with Crippen molar-refractivity contribution in [2.24, 2.45) is 5.92 Å². The fraction of sp³-hybridized carbons (Fsp3) is 0.444. The number of nitrogens with one attached hydrogen (secondary N) is 1. The summed E-state index contributed by atoms with van der Waals surface area (Å²) in [5.74, 6) is 0.632. The number of nitrogens with zero attached hydrogens (tertiary/aromatic N) is 2. The Bertz CT molecular complexity index is 1420. The molecule has 1 unspecified atom stereocenters. The Labute approximate surface area is 210 Å². The van der Waals surface area contributed by atoms with E-state index in [-0.39, 0.29) is 22.7 Å². The second-order valence-electron chi connectivity index (χ2n) is 9.94. The Hall–Kier alpha value is -3.20. The van der Waals surface area contributed by atoms with E-state index in [4.69, 9.17) is 4.42 Å². The Morgan fingerprint density at radius 2 is 1.64 bits per heavy atom. The molecule has 1 atom stereocenters. The van der Waals surface area contributed by atoms with E-state index in [1.165, 1.54) is 0 Å². The maximum atomic E-state index is 13.1. The van der Waals surface area contributed by atoms with E-state index in [9.17, 15) is 18.3 Å². The average Bonchev–Trinajstić information content (AvgIpc) is 3.63. The van der Waals surface area contributed by atoms with Crippen molar-refractivity contribution in [3.05, 3.63) is 74.6 Å². The highest BCUT2D eigenvalue weighted by atomic mass is 32.2. The van der Waals surface area contributed by atoms with Gasteiger partial charge in [-0.3, -0.25) is 4.72 Å². The highest BCUT2D eigenvalue weighted by Crippen LogP contribution is 2.48. The summed E-state index contributed by atoms with van der Waals surface area (Å²) >= 11 is 0. The molecule has 2 N–H and O–H groups in total. The van der Waals surface area contributed by atoms with Gasteiger partial charge in [-0.2, -0.15) is 8.42 Å². The van der Waals surface area contributed by atoms with Crippen molar-refractivity contribution in [3.8, 4) is 5.75 Å². The molecule has 0 amide bonds. The van der Waals surface area contributed by atoms with Gasteiger partial charge in [-0.15, -0.1) is 0 Å². The van der Waals surface area contributed by atoms with Crippen LogP contribution in [-0.4, -0.2) is 23.5 Å². The first-order chi connectivity index (χ1) is 17.2. The number of aromatic hydroxyl groups is 1. The summed E-state index contributed by atoms with van der Waals surface area (Å²) in [6, 6.07) is 8.65. The van der Waals surface area contributed by atoms with E-state index < -0.39 is 15.6 Å². The molecule has 0 spiro atoms. The molecule has 8 nitrogen and oxygen atoms in total. The van der Waals surface area contributed by atoms with Crippen LogP contribution >= 0.6 is 0 Å². The zero-order valence-electron chi connectivity index (χ0n) is 20.6. The van der Waals surface area contributed by atoms with Crippen molar-refractivity contribution in [2.45, 2.75) is 76.3 Å². The number of anilines is 1. The summed E-state index contributed by atoms with van der Waals surface area (Å²) in [4.78, 5) is 21.2. The second kappa shape index (κ2) is 9.69. The van der Waals surface area contributed by atoms with Gasteiger partial charge in [-0.05, 0) is 75.6 Å². The van der Waals surface area contributed by atoms with Gasteiger partial charge in [0.2, 0.25) is 0 Å². The molecule has 190 valence electrons. The summed E-state index contributed by atoms with van der Waals surface area (Å²) in [5, 5.41) is 11.0. The summed E-state index contributed by atoms with van der Waals surface area (Å²) in [5.41, 5.74) is 2.98. The number of benzene rings is 1. The van der Waals surface area contributed by atoms with Gasteiger partial charge in [-0.25, -0.2) is 14.8 Å². The Balaban J connectivity index is 1.46. The molecule has 1 saturated carbocycles. The molecule has 2 aliphatic rings. The Morgan fingerprint density at radius 3 is 2.28 bits per heavy atom. The molecule has 3 aromatic rings. The highest BCUT2D eigenvalue weighted by molar-refractivity contribution is 7.92. The molecule has 2 heterocycles. The van der Waals surface area contributed by atoms with Crippen molar-refractivity contribution >= 4 is 15.7 Å². The first-order valence-corrected chi connectivity index (χ1v) is 14.0. The van der Waals surface area contributed by atoms with Crippen LogP contribution in [0, 0.1) is 19.8 Å². The average molecular weight is 510 g/mol. The van der Waals surface area contributed by atoms with Crippen LogP contribution in [0.4, 0.5) is 5.69 Å². The minimum atomic E-state index is -3.95. The molecule has 36 heavy (non-hydrogen) atoms. The number of fused-ring (bicyclic) bond motifs is 1. The Kier molecular flexibility index (Phi) is 6.59. The van der Waals surface area contributed by atoms with Crippen LogP contribution in [0.25, 0.3) is 0 Å². The topological polar surface area (TPSA) is 122 Å². The van der Waals surface area contributed by atoms with Gasteiger partial charge in [0.25, 0.3) is 15.2 Å². The third-order valence-electron chi connectivity index (χ3n) is 7.02. The van der Waals surface area contributed by atoms with Crippen molar-refractivity contribution in [3.63, 3.8) is 0 Å². The lowest BCUT2D eigenvalue weighted by molar-refractivity contribution is 0.382. The normalized spacial score (nSPS) is 17.1. The molecule has 0 bridgehead atoms. The fourth-order valence-electron chi connectivity index (χ4n) is 5.17. The number of aryl methyl sites for hydroxylation is 3. The Morgan fingerprint density at radius 1 is 1.00 bits per heavy atom. The molecule has 0 aliphatic heterocycles. The number of hydrogen-bond acceptors (Lipinski definition) is 7. The van der Waals surface area contributed by atoms with Gasteiger partial charge < -0.3 is 9.52 Å². The van der Waals surface area contributed by atoms with Crippen molar-refractivity contribution in [1.82, 2.24) is 9.97 Å². The molecule has 0 radical (unpaired) electrons. The van der Waals surface area contributed by atoms with Gasteiger partial charge in [0, 0.05) is 35.0 Å². The number of rotatable bonds is 6. The van der Waals surface area contributed by atoms with Gasteiger partial charge in [-0.1, -0.05) is 25.0 Å². The standard InChI is InChI=1S/C27H31N3O5S/c1-16-15-17(2)29-27(28-16)36(33,34)30-20-13-11-19(12-14-20)23(18-9-10-18)24-25(31)21-7-5-3-4-6-8-22(21)35-26(24)32/h11-15,18,23,30-31H,3-10H2,1-2H3. The van der Waals surface area contributed by atoms with Crippen LogP contribution in [0.3, 0.4) is 0 Å². The smallest absolute Gasteiger partial charge is 0.343 e. The lowest BCUT2D eigenvalue weighted by Gasteiger charge is -2.21. The maximum absolute atomic E-state index is 13.1. The monoisotopic (exact) mass is 509 g/mol. The minimum absolute atomic E-state index is 0.0804. The molecule has 1 fully saturated rings. The SMILES string of the molecule is Cc1cc(C)nc(S(=O)(=O)Nc2ccc(C(c3c(O)c4c(oc3=O)CCCCCC4)C3CC3)cc2)n1. The first-order valence-electron chi connectivity index (χ1n) is 12.6. The molecule has 2 aromatic heterocycles. The van der Waals surface area contributed by atoms with E-state index >= 15 is 0 Å². The van der Waals surface area contributed by atoms with Crippen molar-refractivity contribution in [1.29, 1.82) is 0 Å². The number of aromatic nitrogens is 2. The predicted octanol–water partition coefficient (Wildman–Crippen LogP) is 4.75. The van der Waals surface area contributed by atoms with Crippen LogP contribution in [0.5, 0.6) is 5.75 Å². The molecule has 2 aliphatic carbocycles. The van der Waals surface area contributed by atoms with Gasteiger partial charge in [0.15, 0.2) is 0 Å². The summed E-state index contributed by atoms with van der Waals surface area (Å²) in [7, 11) is -3.95.